The van der Waals surface area contributed by atoms with Crippen molar-refractivity contribution in [2.75, 3.05) is 17.6 Å². The van der Waals surface area contributed by atoms with E-state index in [2.05, 4.69) is 34.7 Å². The molecule has 1 unspecified atom stereocenters. The molecule has 0 spiro atoms. The van der Waals surface area contributed by atoms with Crippen molar-refractivity contribution in [2.24, 2.45) is 0 Å². The summed E-state index contributed by atoms with van der Waals surface area (Å²) in [6.45, 7) is 0.940. The fourth-order valence-electron chi connectivity index (χ4n) is 2.23. The van der Waals surface area contributed by atoms with Crippen molar-refractivity contribution in [1.82, 2.24) is 9.78 Å². The number of nitrogens with two attached hydrogens (primary N) is 1. The van der Waals surface area contributed by atoms with Crippen LogP contribution in [0.25, 0.3) is 0 Å². The molecule has 1 atom stereocenters. The highest BCUT2D eigenvalue weighted by molar-refractivity contribution is 5.62. The molecule has 4 heteroatoms. The average molecular weight is 214 g/mol. The number of nitrogens with zero attached hydrogens (tertiary/aromatic N) is 2. The second kappa shape index (κ2) is 3.56. The van der Waals surface area contributed by atoms with Gasteiger partial charge < -0.3 is 11.1 Å². The number of nitrogens with one attached hydrogen (secondary N) is 1. The Balaban J connectivity index is 2.05. The zero-order chi connectivity index (χ0) is 11.0. The van der Waals surface area contributed by atoms with Crippen LogP contribution >= 0.6 is 0 Å². The van der Waals surface area contributed by atoms with Crippen LogP contribution in [0, 0.1) is 0 Å². The molecule has 0 saturated heterocycles. The van der Waals surface area contributed by atoms with E-state index in [0.717, 1.165) is 24.5 Å². The van der Waals surface area contributed by atoms with Crippen molar-refractivity contribution in [3.63, 3.8) is 0 Å². The zero-order valence-electron chi connectivity index (χ0n) is 8.93. The summed E-state index contributed by atoms with van der Waals surface area (Å²) in [5, 5.41) is 7.63. The van der Waals surface area contributed by atoms with Crippen LogP contribution in [0.15, 0.2) is 36.5 Å². The molecule has 3 rings (SSSR count). The molecule has 2 heterocycles. The average Bonchev–Trinajstić information content (AvgIpc) is 2.73. The van der Waals surface area contributed by atoms with Gasteiger partial charge in [-0.15, -0.1) is 0 Å². The number of fused-ring (bicyclic) bond motifs is 1. The Morgan fingerprint density at radius 1 is 1.31 bits per heavy atom. The molecule has 1 aromatic carbocycles. The van der Waals surface area contributed by atoms with Crippen molar-refractivity contribution in [3.05, 3.63) is 42.1 Å². The molecule has 0 fully saturated rings. The maximum absolute atomic E-state index is 5.86. The topological polar surface area (TPSA) is 55.9 Å². The summed E-state index contributed by atoms with van der Waals surface area (Å²) in [7, 11) is 0. The van der Waals surface area contributed by atoms with Crippen molar-refractivity contribution in [2.45, 2.75) is 12.5 Å². The largest absolute Gasteiger partial charge is 0.394 e. The number of benzene rings is 1. The summed E-state index contributed by atoms with van der Waals surface area (Å²) in [4.78, 5) is 0. The van der Waals surface area contributed by atoms with Crippen LogP contribution < -0.4 is 11.1 Å². The SMILES string of the molecule is Nc1cnn2c1NCCC2c1ccccc1. The predicted molar refractivity (Wildman–Crippen MR) is 64.3 cm³/mol. The van der Waals surface area contributed by atoms with Gasteiger partial charge in [-0.25, -0.2) is 4.68 Å². The molecule has 1 aromatic heterocycles. The highest BCUT2D eigenvalue weighted by atomic mass is 15.4. The van der Waals surface area contributed by atoms with Crippen molar-refractivity contribution in [1.29, 1.82) is 0 Å². The second-order valence-electron chi connectivity index (χ2n) is 4.04. The smallest absolute Gasteiger partial charge is 0.148 e. The van der Waals surface area contributed by atoms with Crippen LogP contribution in [-0.2, 0) is 0 Å². The van der Waals surface area contributed by atoms with E-state index >= 15 is 0 Å². The van der Waals surface area contributed by atoms with E-state index in [1.165, 1.54) is 5.56 Å². The van der Waals surface area contributed by atoms with Crippen molar-refractivity contribution < 1.29 is 0 Å². The third-order valence-electron chi connectivity index (χ3n) is 3.01. The molecule has 4 nitrogen and oxygen atoms in total. The van der Waals surface area contributed by atoms with E-state index < -0.39 is 0 Å². The number of nitrogen functional groups attached to an aromatic ring is 1. The Kier molecular flexibility index (Phi) is 2.06. The molecule has 82 valence electrons. The standard InChI is InChI=1S/C12H14N4/c13-10-8-15-16-11(6-7-14-12(10)16)9-4-2-1-3-5-9/h1-5,8,11,14H,6-7,13H2. The summed E-state index contributed by atoms with van der Waals surface area (Å²) in [5.41, 5.74) is 7.86. The zero-order valence-corrected chi connectivity index (χ0v) is 8.93. The normalized spacial score (nSPS) is 18.9. The quantitative estimate of drug-likeness (QED) is 0.762. The number of rotatable bonds is 1. The molecule has 0 aliphatic carbocycles. The highest BCUT2D eigenvalue weighted by Crippen LogP contribution is 2.31. The van der Waals surface area contributed by atoms with Crippen LogP contribution in [0.5, 0.6) is 0 Å². The molecule has 1 aliphatic rings. The lowest BCUT2D eigenvalue weighted by atomic mass is 10.0. The first kappa shape index (κ1) is 9.27. The first-order valence-electron chi connectivity index (χ1n) is 5.48. The van der Waals surface area contributed by atoms with E-state index in [4.69, 9.17) is 5.73 Å². The number of hydrogen-bond acceptors (Lipinski definition) is 3. The third kappa shape index (κ3) is 1.34. The van der Waals surface area contributed by atoms with Gasteiger partial charge in [-0.2, -0.15) is 5.10 Å². The lowest BCUT2D eigenvalue weighted by Gasteiger charge is -2.26. The van der Waals surface area contributed by atoms with Gasteiger partial charge in [0.25, 0.3) is 0 Å². The fourth-order valence-corrected chi connectivity index (χ4v) is 2.23. The predicted octanol–water partition coefficient (Wildman–Crippen LogP) is 1.87. The summed E-state index contributed by atoms with van der Waals surface area (Å²) in [5.74, 6) is 0.945. The van der Waals surface area contributed by atoms with E-state index in [9.17, 15) is 0 Å². The third-order valence-corrected chi connectivity index (χ3v) is 3.01. The van der Waals surface area contributed by atoms with E-state index in [1.807, 2.05) is 10.7 Å². The summed E-state index contributed by atoms with van der Waals surface area (Å²) in [6, 6.07) is 10.7. The minimum atomic E-state index is 0.301. The van der Waals surface area contributed by atoms with Gasteiger partial charge >= 0.3 is 0 Å². The van der Waals surface area contributed by atoms with Crippen LogP contribution in [0.2, 0.25) is 0 Å². The lowest BCUT2D eigenvalue weighted by molar-refractivity contribution is 0.482. The Morgan fingerprint density at radius 3 is 2.94 bits per heavy atom. The van der Waals surface area contributed by atoms with Gasteiger partial charge in [-0.1, -0.05) is 30.3 Å². The molecular formula is C12H14N4. The highest BCUT2D eigenvalue weighted by Gasteiger charge is 2.23. The van der Waals surface area contributed by atoms with Gasteiger partial charge in [0.05, 0.1) is 17.9 Å². The molecular weight excluding hydrogens is 200 g/mol. The van der Waals surface area contributed by atoms with Gasteiger partial charge in [0.15, 0.2) is 0 Å². The van der Waals surface area contributed by atoms with Crippen molar-refractivity contribution in [3.8, 4) is 0 Å². The molecule has 0 bridgehead atoms. The van der Waals surface area contributed by atoms with Crippen LogP contribution in [0.1, 0.15) is 18.0 Å². The summed E-state index contributed by atoms with van der Waals surface area (Å²) < 4.78 is 1.98. The first-order valence-corrected chi connectivity index (χ1v) is 5.48. The number of hydrogen-bond donors (Lipinski definition) is 2. The molecule has 2 aromatic rings. The molecule has 0 saturated carbocycles. The minimum absolute atomic E-state index is 0.301. The van der Waals surface area contributed by atoms with E-state index in [1.54, 1.807) is 6.20 Å². The van der Waals surface area contributed by atoms with Crippen LogP contribution in [-0.4, -0.2) is 16.3 Å². The minimum Gasteiger partial charge on any atom is -0.394 e. The Labute approximate surface area is 94.1 Å². The monoisotopic (exact) mass is 214 g/mol. The molecule has 1 aliphatic heterocycles. The summed E-state index contributed by atoms with van der Waals surface area (Å²) >= 11 is 0. The molecule has 0 amide bonds. The van der Waals surface area contributed by atoms with Gasteiger partial charge in [0.1, 0.15) is 5.82 Å². The Hall–Kier alpha value is -1.97. The lowest BCUT2D eigenvalue weighted by Crippen LogP contribution is -2.24. The Bertz CT molecular complexity index is 489. The number of aromatic nitrogens is 2. The van der Waals surface area contributed by atoms with Crippen LogP contribution in [0.3, 0.4) is 0 Å². The van der Waals surface area contributed by atoms with Gasteiger partial charge in [-0.3, -0.25) is 0 Å². The fraction of sp³-hybridized carbons (Fsp3) is 0.250. The maximum atomic E-state index is 5.86. The van der Waals surface area contributed by atoms with Gasteiger partial charge in [0.2, 0.25) is 0 Å². The molecule has 16 heavy (non-hydrogen) atoms. The van der Waals surface area contributed by atoms with Gasteiger partial charge in [0, 0.05) is 6.54 Å². The first-order chi connectivity index (χ1) is 7.86. The van der Waals surface area contributed by atoms with Crippen molar-refractivity contribution >= 4 is 11.5 Å². The molecule has 3 N–H and O–H groups in total. The summed E-state index contributed by atoms with van der Waals surface area (Å²) in [6.07, 6.45) is 2.75. The van der Waals surface area contributed by atoms with Crippen LogP contribution in [0.4, 0.5) is 11.5 Å². The van der Waals surface area contributed by atoms with Gasteiger partial charge in [-0.05, 0) is 12.0 Å². The maximum Gasteiger partial charge on any atom is 0.148 e. The second-order valence-corrected chi connectivity index (χ2v) is 4.04. The molecule has 0 radical (unpaired) electrons. The number of anilines is 2. The van der Waals surface area contributed by atoms with E-state index in [0.29, 0.717) is 6.04 Å². The van der Waals surface area contributed by atoms with E-state index in [-0.39, 0.29) is 0 Å². The Morgan fingerprint density at radius 2 is 2.12 bits per heavy atom.